The molecule has 23 heavy (non-hydrogen) atoms. The minimum absolute atomic E-state index is 0.0191. The van der Waals surface area contributed by atoms with Crippen LogP contribution in [-0.4, -0.2) is 18.9 Å². The van der Waals surface area contributed by atoms with E-state index in [0.717, 1.165) is 0 Å². The number of rotatable bonds is 5. The average Bonchev–Trinajstić information content (AvgIpc) is 2.49. The van der Waals surface area contributed by atoms with Crippen LogP contribution in [0.2, 0.25) is 5.02 Å². The van der Waals surface area contributed by atoms with Gasteiger partial charge in [-0.2, -0.15) is 0 Å². The van der Waals surface area contributed by atoms with Crippen molar-refractivity contribution in [1.29, 1.82) is 0 Å². The van der Waals surface area contributed by atoms with Crippen LogP contribution in [0, 0.1) is 5.82 Å². The van der Waals surface area contributed by atoms with Gasteiger partial charge in [0.1, 0.15) is 18.0 Å². The van der Waals surface area contributed by atoms with Gasteiger partial charge in [-0.15, -0.1) is 0 Å². The van der Waals surface area contributed by atoms with E-state index in [1.54, 1.807) is 18.2 Å². The quantitative estimate of drug-likeness (QED) is 0.822. The van der Waals surface area contributed by atoms with Gasteiger partial charge in [0.25, 0.3) is 0 Å². The van der Waals surface area contributed by atoms with Crippen LogP contribution in [-0.2, 0) is 9.59 Å². The summed E-state index contributed by atoms with van der Waals surface area (Å²) in [5.74, 6) is -1.36. The van der Waals surface area contributed by atoms with Gasteiger partial charge in [0, 0.05) is 5.02 Å². The Morgan fingerprint density at radius 2 is 1.74 bits per heavy atom. The van der Waals surface area contributed by atoms with Crippen molar-refractivity contribution in [2.45, 2.75) is 6.42 Å². The number of methoxy groups -OCH3 is 1. The molecule has 0 bridgehead atoms. The van der Waals surface area contributed by atoms with E-state index in [9.17, 15) is 14.0 Å². The van der Waals surface area contributed by atoms with Crippen molar-refractivity contribution in [3.8, 4) is 5.75 Å². The highest BCUT2D eigenvalue weighted by Crippen LogP contribution is 2.27. The molecule has 2 N–H and O–H groups in total. The monoisotopic (exact) mass is 336 g/mol. The molecule has 0 fully saturated rings. The summed E-state index contributed by atoms with van der Waals surface area (Å²) in [5, 5.41) is 5.28. The van der Waals surface area contributed by atoms with Gasteiger partial charge >= 0.3 is 0 Å². The molecule has 2 aromatic carbocycles. The Bertz CT molecular complexity index is 737. The zero-order chi connectivity index (χ0) is 16.8. The Morgan fingerprint density at radius 1 is 1.09 bits per heavy atom. The van der Waals surface area contributed by atoms with Gasteiger partial charge < -0.3 is 15.4 Å². The van der Waals surface area contributed by atoms with Crippen molar-refractivity contribution in [2.24, 2.45) is 0 Å². The van der Waals surface area contributed by atoms with E-state index in [2.05, 4.69) is 10.6 Å². The maximum Gasteiger partial charge on any atom is 0.233 e. The SMILES string of the molecule is COc1ccc(Cl)cc1NC(=O)CC(=O)Nc1ccccc1F. The first-order chi connectivity index (χ1) is 11.0. The lowest BCUT2D eigenvalue weighted by atomic mass is 10.2. The molecule has 0 atom stereocenters. The number of nitrogens with one attached hydrogen (secondary N) is 2. The lowest BCUT2D eigenvalue weighted by Crippen LogP contribution is -2.22. The second-order valence-electron chi connectivity index (χ2n) is 4.60. The predicted molar refractivity (Wildman–Crippen MR) is 86.3 cm³/mol. The number of para-hydroxylation sites is 1. The van der Waals surface area contributed by atoms with E-state index in [0.29, 0.717) is 16.5 Å². The molecular weight excluding hydrogens is 323 g/mol. The minimum Gasteiger partial charge on any atom is -0.495 e. The second-order valence-corrected chi connectivity index (χ2v) is 5.03. The lowest BCUT2D eigenvalue weighted by molar-refractivity contribution is -0.123. The van der Waals surface area contributed by atoms with Crippen LogP contribution in [0.15, 0.2) is 42.5 Å². The summed E-state index contributed by atoms with van der Waals surface area (Å²) in [4.78, 5) is 23.7. The zero-order valence-corrected chi connectivity index (χ0v) is 13.0. The summed E-state index contributed by atoms with van der Waals surface area (Å²) in [5.41, 5.74) is 0.370. The van der Waals surface area contributed by atoms with E-state index in [1.165, 1.54) is 31.4 Å². The van der Waals surface area contributed by atoms with Crippen LogP contribution < -0.4 is 15.4 Å². The summed E-state index contributed by atoms with van der Waals surface area (Å²) in [7, 11) is 1.45. The Labute approximate surface area is 137 Å². The van der Waals surface area contributed by atoms with Crippen LogP contribution >= 0.6 is 11.6 Å². The molecule has 0 spiro atoms. The van der Waals surface area contributed by atoms with Gasteiger partial charge in [-0.3, -0.25) is 9.59 Å². The third kappa shape index (κ3) is 4.69. The average molecular weight is 337 g/mol. The van der Waals surface area contributed by atoms with Crippen molar-refractivity contribution in [3.63, 3.8) is 0 Å². The number of carbonyl (C=O) groups excluding carboxylic acids is 2. The Hall–Kier alpha value is -2.60. The molecule has 0 saturated heterocycles. The molecule has 2 rings (SSSR count). The molecule has 2 aromatic rings. The van der Waals surface area contributed by atoms with Crippen molar-refractivity contribution < 1.29 is 18.7 Å². The summed E-state index contributed by atoms with van der Waals surface area (Å²) in [6.45, 7) is 0. The fraction of sp³-hybridized carbons (Fsp3) is 0.125. The fourth-order valence-electron chi connectivity index (χ4n) is 1.88. The van der Waals surface area contributed by atoms with Crippen molar-refractivity contribution in [3.05, 3.63) is 53.3 Å². The van der Waals surface area contributed by atoms with Gasteiger partial charge in [0.15, 0.2) is 0 Å². The highest BCUT2D eigenvalue weighted by atomic mass is 35.5. The molecule has 0 aliphatic heterocycles. The first-order valence-corrected chi connectivity index (χ1v) is 7.05. The van der Waals surface area contributed by atoms with Crippen LogP contribution in [0.4, 0.5) is 15.8 Å². The fourth-order valence-corrected chi connectivity index (χ4v) is 2.05. The van der Waals surface area contributed by atoms with Crippen LogP contribution in [0.3, 0.4) is 0 Å². The first kappa shape index (κ1) is 16.8. The predicted octanol–water partition coefficient (Wildman–Crippen LogP) is 3.46. The highest BCUT2D eigenvalue weighted by Gasteiger charge is 2.14. The number of hydrogen-bond acceptors (Lipinski definition) is 3. The number of amides is 2. The normalized spacial score (nSPS) is 10.0. The van der Waals surface area contributed by atoms with Gasteiger partial charge in [-0.25, -0.2) is 4.39 Å². The van der Waals surface area contributed by atoms with Gasteiger partial charge in [-0.05, 0) is 30.3 Å². The lowest BCUT2D eigenvalue weighted by Gasteiger charge is -2.11. The Balaban J connectivity index is 1.98. The number of benzene rings is 2. The molecule has 0 aliphatic rings. The van der Waals surface area contributed by atoms with E-state index in [1.807, 2.05) is 0 Å². The maximum absolute atomic E-state index is 13.4. The third-order valence-corrected chi connectivity index (χ3v) is 3.14. The largest absolute Gasteiger partial charge is 0.495 e. The second kappa shape index (κ2) is 7.60. The molecular formula is C16H14ClFN2O3. The number of carbonyl (C=O) groups is 2. The van der Waals surface area contributed by atoms with E-state index < -0.39 is 24.1 Å². The standard InChI is InChI=1S/C16H14ClFN2O3/c1-23-14-7-6-10(17)8-13(14)20-16(22)9-15(21)19-12-5-3-2-4-11(12)18/h2-8H,9H2,1H3,(H,19,21)(H,20,22). The molecule has 0 heterocycles. The molecule has 0 radical (unpaired) electrons. The van der Waals surface area contributed by atoms with Gasteiger partial charge in [-0.1, -0.05) is 23.7 Å². The van der Waals surface area contributed by atoms with E-state index >= 15 is 0 Å². The Morgan fingerprint density at radius 3 is 2.39 bits per heavy atom. The summed E-state index contributed by atoms with van der Waals surface area (Å²) in [6, 6.07) is 10.4. The molecule has 7 heteroatoms. The summed E-state index contributed by atoms with van der Waals surface area (Å²) < 4.78 is 18.5. The first-order valence-electron chi connectivity index (χ1n) is 6.67. The minimum atomic E-state index is -0.631. The molecule has 0 aromatic heterocycles. The van der Waals surface area contributed by atoms with Crippen LogP contribution in [0.1, 0.15) is 6.42 Å². The van der Waals surface area contributed by atoms with Crippen molar-refractivity contribution in [1.82, 2.24) is 0 Å². The number of hydrogen-bond donors (Lipinski definition) is 2. The maximum atomic E-state index is 13.4. The number of halogens is 2. The van der Waals surface area contributed by atoms with Crippen LogP contribution in [0.25, 0.3) is 0 Å². The molecule has 0 aliphatic carbocycles. The van der Waals surface area contributed by atoms with Gasteiger partial charge in [0.2, 0.25) is 11.8 Å². The van der Waals surface area contributed by atoms with Crippen molar-refractivity contribution in [2.75, 3.05) is 17.7 Å². The number of anilines is 2. The smallest absolute Gasteiger partial charge is 0.233 e. The highest BCUT2D eigenvalue weighted by molar-refractivity contribution is 6.31. The molecule has 2 amide bonds. The van der Waals surface area contributed by atoms with Crippen LogP contribution in [0.5, 0.6) is 5.75 Å². The van der Waals surface area contributed by atoms with Gasteiger partial charge in [0.05, 0.1) is 18.5 Å². The Kier molecular flexibility index (Phi) is 5.54. The van der Waals surface area contributed by atoms with E-state index in [4.69, 9.17) is 16.3 Å². The topological polar surface area (TPSA) is 67.4 Å². The summed E-state index contributed by atoms with van der Waals surface area (Å²) in [6.07, 6.45) is -0.468. The molecule has 0 saturated carbocycles. The third-order valence-electron chi connectivity index (χ3n) is 2.90. The van der Waals surface area contributed by atoms with Crippen molar-refractivity contribution >= 4 is 34.8 Å². The summed E-state index contributed by atoms with van der Waals surface area (Å²) >= 11 is 5.86. The number of ether oxygens (including phenoxy) is 1. The molecule has 5 nitrogen and oxygen atoms in total. The molecule has 120 valence electrons. The molecule has 0 unspecified atom stereocenters. The van der Waals surface area contributed by atoms with E-state index in [-0.39, 0.29) is 5.69 Å². The zero-order valence-electron chi connectivity index (χ0n) is 12.2.